The number of aromatic hydroxyl groups is 1. The average molecular weight is 290 g/mol. The Morgan fingerprint density at radius 2 is 1.62 bits per heavy atom. The molecule has 1 aliphatic heterocycles. The molecule has 2 nitrogen and oxygen atoms in total. The van der Waals surface area contributed by atoms with Gasteiger partial charge in [0.25, 0.3) is 0 Å². The van der Waals surface area contributed by atoms with E-state index in [4.69, 9.17) is 4.74 Å². The highest BCUT2D eigenvalue weighted by atomic mass is 19.1. The molecule has 4 heteroatoms. The minimum absolute atomic E-state index is 0.0459. The maximum atomic E-state index is 14.3. The number of phenols is 1. The van der Waals surface area contributed by atoms with E-state index in [-0.39, 0.29) is 11.3 Å². The van der Waals surface area contributed by atoms with Crippen molar-refractivity contribution < 1.29 is 18.6 Å². The van der Waals surface area contributed by atoms with E-state index in [0.717, 1.165) is 12.8 Å². The predicted molar refractivity (Wildman–Crippen MR) is 75.0 cm³/mol. The van der Waals surface area contributed by atoms with Crippen molar-refractivity contribution in [3.05, 3.63) is 65.2 Å². The maximum absolute atomic E-state index is 14.3. The van der Waals surface area contributed by atoms with Crippen molar-refractivity contribution in [1.82, 2.24) is 0 Å². The Labute approximate surface area is 122 Å². The molecule has 0 bridgehead atoms. The van der Waals surface area contributed by atoms with Crippen LogP contribution < -0.4 is 0 Å². The van der Waals surface area contributed by atoms with Gasteiger partial charge in [-0.1, -0.05) is 18.2 Å². The second-order valence-corrected chi connectivity index (χ2v) is 5.28. The van der Waals surface area contributed by atoms with Crippen LogP contribution in [0.2, 0.25) is 0 Å². The number of phenolic OH excluding ortho intramolecular Hbond substituents is 1. The lowest BCUT2D eigenvalue weighted by Gasteiger charge is -2.38. The summed E-state index contributed by atoms with van der Waals surface area (Å²) in [6.45, 7) is 0.453. The molecule has 110 valence electrons. The Balaban J connectivity index is 2.20. The topological polar surface area (TPSA) is 29.5 Å². The Hall–Kier alpha value is -1.94. The molecule has 21 heavy (non-hydrogen) atoms. The van der Waals surface area contributed by atoms with Crippen molar-refractivity contribution in [2.24, 2.45) is 0 Å². The van der Waals surface area contributed by atoms with Crippen molar-refractivity contribution in [3.8, 4) is 5.75 Å². The number of hydrogen-bond acceptors (Lipinski definition) is 2. The molecule has 0 amide bonds. The van der Waals surface area contributed by atoms with Crippen molar-refractivity contribution in [2.45, 2.75) is 24.9 Å². The zero-order valence-electron chi connectivity index (χ0n) is 11.5. The molecule has 1 heterocycles. The summed E-state index contributed by atoms with van der Waals surface area (Å²) in [5.41, 5.74) is -0.513. The van der Waals surface area contributed by atoms with E-state index in [1.807, 2.05) is 0 Å². The van der Waals surface area contributed by atoms with Crippen LogP contribution in [0.3, 0.4) is 0 Å². The summed E-state index contributed by atoms with van der Waals surface area (Å²) in [4.78, 5) is 0. The van der Waals surface area contributed by atoms with Gasteiger partial charge in [-0.2, -0.15) is 0 Å². The molecule has 0 radical (unpaired) electrons. The van der Waals surface area contributed by atoms with Crippen LogP contribution in [-0.4, -0.2) is 11.7 Å². The highest BCUT2D eigenvalue weighted by Crippen LogP contribution is 2.43. The Morgan fingerprint density at radius 3 is 2.19 bits per heavy atom. The van der Waals surface area contributed by atoms with Crippen LogP contribution in [0.15, 0.2) is 42.5 Å². The van der Waals surface area contributed by atoms with Crippen LogP contribution in [0, 0.1) is 11.6 Å². The summed E-state index contributed by atoms with van der Waals surface area (Å²) in [5.74, 6) is -1.10. The van der Waals surface area contributed by atoms with Crippen molar-refractivity contribution in [2.75, 3.05) is 6.61 Å². The van der Waals surface area contributed by atoms with Crippen LogP contribution in [0.4, 0.5) is 8.78 Å². The lowest BCUT2D eigenvalue weighted by atomic mass is 9.80. The largest absolute Gasteiger partial charge is 0.508 e. The molecule has 3 rings (SSSR count). The molecule has 1 unspecified atom stereocenters. The maximum Gasteiger partial charge on any atom is 0.132 e. The fraction of sp³-hybridized carbons (Fsp3) is 0.294. The first-order valence-corrected chi connectivity index (χ1v) is 7.01. The summed E-state index contributed by atoms with van der Waals surface area (Å²) >= 11 is 0. The van der Waals surface area contributed by atoms with Gasteiger partial charge in [0.05, 0.1) is 5.56 Å². The first-order chi connectivity index (χ1) is 10.1. The molecule has 0 spiro atoms. The Bertz CT molecular complexity index is 611. The van der Waals surface area contributed by atoms with E-state index in [9.17, 15) is 13.9 Å². The van der Waals surface area contributed by atoms with Crippen LogP contribution >= 0.6 is 0 Å². The van der Waals surface area contributed by atoms with E-state index in [1.165, 1.54) is 30.3 Å². The monoisotopic (exact) mass is 290 g/mol. The number of rotatable bonds is 2. The molecular weight excluding hydrogens is 274 g/mol. The third-order valence-electron chi connectivity index (χ3n) is 3.97. The predicted octanol–water partition coefficient (Wildman–Crippen LogP) is 4.11. The second-order valence-electron chi connectivity index (χ2n) is 5.28. The zero-order chi connectivity index (χ0) is 14.9. The van der Waals surface area contributed by atoms with Gasteiger partial charge in [0.1, 0.15) is 23.0 Å². The van der Waals surface area contributed by atoms with Crippen LogP contribution in [-0.2, 0) is 10.3 Å². The number of halogens is 2. The highest BCUT2D eigenvalue weighted by molar-refractivity contribution is 5.40. The molecule has 2 aromatic carbocycles. The van der Waals surface area contributed by atoms with Gasteiger partial charge in [-0.25, -0.2) is 8.78 Å². The molecule has 0 aromatic heterocycles. The standard InChI is InChI=1S/C17H16F2O2/c18-14-4-3-5-15(19)16(14)17(10-1-2-11-21-17)12-6-8-13(20)9-7-12/h3-9,20H,1-2,10-11H2. The second kappa shape index (κ2) is 5.45. The van der Waals surface area contributed by atoms with Gasteiger partial charge in [0.15, 0.2) is 0 Å². The van der Waals surface area contributed by atoms with Crippen LogP contribution in [0.25, 0.3) is 0 Å². The number of ether oxygens (including phenoxy) is 1. The molecule has 0 aliphatic carbocycles. The molecule has 0 saturated carbocycles. The Morgan fingerprint density at radius 1 is 0.952 bits per heavy atom. The lowest BCUT2D eigenvalue weighted by molar-refractivity contribution is -0.0576. The smallest absolute Gasteiger partial charge is 0.132 e. The fourth-order valence-electron chi connectivity index (χ4n) is 2.98. The van der Waals surface area contributed by atoms with Crippen LogP contribution in [0.1, 0.15) is 30.4 Å². The van der Waals surface area contributed by atoms with Crippen LogP contribution in [0.5, 0.6) is 5.75 Å². The number of hydrogen-bond donors (Lipinski definition) is 1. The minimum Gasteiger partial charge on any atom is -0.508 e. The summed E-state index contributed by atoms with van der Waals surface area (Å²) in [7, 11) is 0. The first kappa shape index (κ1) is 14.0. The summed E-state index contributed by atoms with van der Waals surface area (Å²) in [6.07, 6.45) is 2.21. The average Bonchev–Trinajstić information content (AvgIpc) is 2.48. The van der Waals surface area contributed by atoms with Crippen molar-refractivity contribution in [3.63, 3.8) is 0 Å². The third kappa shape index (κ3) is 2.40. The van der Waals surface area contributed by atoms with Gasteiger partial charge >= 0.3 is 0 Å². The van der Waals surface area contributed by atoms with E-state index < -0.39 is 17.2 Å². The lowest BCUT2D eigenvalue weighted by Crippen LogP contribution is -2.36. The normalized spacial score (nSPS) is 22.2. The van der Waals surface area contributed by atoms with Gasteiger partial charge < -0.3 is 9.84 Å². The highest BCUT2D eigenvalue weighted by Gasteiger charge is 2.41. The van der Waals surface area contributed by atoms with Gasteiger partial charge in [-0.05, 0) is 49.1 Å². The van der Waals surface area contributed by atoms with E-state index in [2.05, 4.69) is 0 Å². The van der Waals surface area contributed by atoms with E-state index in [0.29, 0.717) is 18.6 Å². The summed E-state index contributed by atoms with van der Waals surface area (Å²) in [5, 5.41) is 9.43. The SMILES string of the molecule is Oc1ccc(C2(c3c(F)cccc3F)CCCCO2)cc1. The van der Waals surface area contributed by atoms with Gasteiger partial charge in [-0.15, -0.1) is 0 Å². The van der Waals surface area contributed by atoms with Gasteiger partial charge in [0.2, 0.25) is 0 Å². The molecule has 1 atom stereocenters. The zero-order valence-corrected chi connectivity index (χ0v) is 11.5. The van der Waals surface area contributed by atoms with Crippen molar-refractivity contribution in [1.29, 1.82) is 0 Å². The molecular formula is C17H16F2O2. The van der Waals surface area contributed by atoms with Crippen molar-refractivity contribution >= 4 is 0 Å². The quantitative estimate of drug-likeness (QED) is 0.901. The minimum atomic E-state index is -1.12. The third-order valence-corrected chi connectivity index (χ3v) is 3.97. The molecule has 1 N–H and O–H groups in total. The molecule has 1 aliphatic rings. The number of benzene rings is 2. The van der Waals surface area contributed by atoms with Gasteiger partial charge in [0, 0.05) is 6.61 Å². The first-order valence-electron chi connectivity index (χ1n) is 7.01. The Kier molecular flexibility index (Phi) is 3.64. The molecule has 1 fully saturated rings. The van der Waals surface area contributed by atoms with E-state index in [1.54, 1.807) is 12.1 Å². The summed E-state index contributed by atoms with van der Waals surface area (Å²) in [6, 6.07) is 10.2. The molecule has 1 saturated heterocycles. The summed E-state index contributed by atoms with van der Waals surface area (Å²) < 4.78 is 34.4. The van der Waals surface area contributed by atoms with E-state index >= 15 is 0 Å². The molecule has 2 aromatic rings. The van der Waals surface area contributed by atoms with Gasteiger partial charge in [-0.3, -0.25) is 0 Å². The fourth-order valence-corrected chi connectivity index (χ4v) is 2.98.